The third-order valence-electron chi connectivity index (χ3n) is 4.35. The number of amides is 1. The van der Waals surface area contributed by atoms with Crippen LogP contribution in [-0.4, -0.2) is 28.9 Å². The summed E-state index contributed by atoms with van der Waals surface area (Å²) in [5.74, 6) is -0.171. The topological polar surface area (TPSA) is 33.2 Å². The van der Waals surface area contributed by atoms with Crippen LogP contribution < -0.4 is 0 Å². The molecule has 2 heterocycles. The van der Waals surface area contributed by atoms with Crippen molar-refractivity contribution in [2.45, 2.75) is 19.3 Å². The zero-order chi connectivity index (χ0) is 16.5. The number of hydrogen-bond acceptors (Lipinski definition) is 3. The van der Waals surface area contributed by atoms with E-state index in [9.17, 15) is 9.18 Å². The van der Waals surface area contributed by atoms with E-state index in [0.717, 1.165) is 46.7 Å². The first-order chi connectivity index (χ1) is 11.7. The van der Waals surface area contributed by atoms with Gasteiger partial charge < -0.3 is 4.90 Å². The van der Waals surface area contributed by atoms with Crippen molar-refractivity contribution < 1.29 is 9.18 Å². The van der Waals surface area contributed by atoms with Gasteiger partial charge in [-0.1, -0.05) is 12.1 Å². The molecule has 2 aromatic carbocycles. The summed E-state index contributed by atoms with van der Waals surface area (Å²) in [5.41, 5.74) is 2.38. The van der Waals surface area contributed by atoms with E-state index in [1.54, 1.807) is 6.07 Å². The second-order valence-corrected chi connectivity index (χ2v) is 7.10. The summed E-state index contributed by atoms with van der Waals surface area (Å²) in [6, 6.07) is 12.2. The van der Waals surface area contributed by atoms with Gasteiger partial charge in [0.2, 0.25) is 0 Å². The Hall–Kier alpha value is -2.27. The molecule has 4 rings (SSSR count). The number of carbonyl (C=O) groups is 1. The van der Waals surface area contributed by atoms with E-state index < -0.39 is 0 Å². The standard InChI is InChI=1S/C19H17FN2OS/c20-15-7-8-16-17(12-15)24-18(21-16)13-5-4-6-14(11-13)19(23)22-9-2-1-3-10-22/h4-8,11-12H,1-3,9-10H2. The minimum absolute atomic E-state index is 0.0868. The molecule has 3 aromatic rings. The van der Waals surface area contributed by atoms with Gasteiger partial charge in [-0.3, -0.25) is 4.79 Å². The molecule has 0 spiro atoms. The normalized spacial score (nSPS) is 15.0. The summed E-state index contributed by atoms with van der Waals surface area (Å²) >= 11 is 1.44. The molecule has 1 amide bonds. The summed E-state index contributed by atoms with van der Waals surface area (Å²) in [4.78, 5) is 19.2. The second kappa shape index (κ2) is 6.32. The van der Waals surface area contributed by atoms with Gasteiger partial charge in [-0.2, -0.15) is 0 Å². The van der Waals surface area contributed by atoms with Crippen molar-refractivity contribution in [3.63, 3.8) is 0 Å². The van der Waals surface area contributed by atoms with Gasteiger partial charge in [-0.15, -0.1) is 11.3 Å². The quantitative estimate of drug-likeness (QED) is 0.676. The Morgan fingerprint density at radius 1 is 1.08 bits per heavy atom. The third-order valence-corrected chi connectivity index (χ3v) is 5.42. The number of likely N-dealkylation sites (tertiary alicyclic amines) is 1. The van der Waals surface area contributed by atoms with E-state index in [2.05, 4.69) is 4.98 Å². The van der Waals surface area contributed by atoms with Crippen molar-refractivity contribution in [2.24, 2.45) is 0 Å². The van der Waals surface area contributed by atoms with Crippen LogP contribution >= 0.6 is 11.3 Å². The molecule has 3 nitrogen and oxygen atoms in total. The Morgan fingerprint density at radius 3 is 2.75 bits per heavy atom. The number of fused-ring (bicyclic) bond motifs is 1. The number of hydrogen-bond donors (Lipinski definition) is 0. The fourth-order valence-electron chi connectivity index (χ4n) is 3.09. The lowest BCUT2D eigenvalue weighted by molar-refractivity contribution is 0.0724. The molecule has 0 unspecified atom stereocenters. The van der Waals surface area contributed by atoms with Crippen LogP contribution in [0.2, 0.25) is 0 Å². The van der Waals surface area contributed by atoms with Crippen molar-refractivity contribution in [1.29, 1.82) is 0 Å². The van der Waals surface area contributed by atoms with Gasteiger partial charge in [0.05, 0.1) is 10.2 Å². The Kier molecular flexibility index (Phi) is 4.02. The molecule has 0 bridgehead atoms. The second-order valence-electron chi connectivity index (χ2n) is 6.06. The first kappa shape index (κ1) is 15.3. The van der Waals surface area contributed by atoms with Crippen LogP contribution in [0.5, 0.6) is 0 Å². The lowest BCUT2D eigenvalue weighted by Crippen LogP contribution is -2.35. The van der Waals surface area contributed by atoms with E-state index in [0.29, 0.717) is 5.56 Å². The van der Waals surface area contributed by atoms with Gasteiger partial charge in [0.15, 0.2) is 0 Å². The third kappa shape index (κ3) is 2.91. The summed E-state index contributed by atoms with van der Waals surface area (Å²) in [5, 5.41) is 0.809. The van der Waals surface area contributed by atoms with Crippen LogP contribution in [0, 0.1) is 5.82 Å². The van der Waals surface area contributed by atoms with Gasteiger partial charge in [0.25, 0.3) is 5.91 Å². The van der Waals surface area contributed by atoms with Crippen molar-refractivity contribution >= 4 is 27.5 Å². The predicted octanol–water partition coefficient (Wildman–Crippen LogP) is 4.73. The molecule has 0 aliphatic carbocycles. The van der Waals surface area contributed by atoms with Gasteiger partial charge in [0.1, 0.15) is 10.8 Å². The smallest absolute Gasteiger partial charge is 0.253 e. The van der Waals surface area contributed by atoms with Crippen LogP contribution in [-0.2, 0) is 0 Å². The molecule has 1 saturated heterocycles. The van der Waals surface area contributed by atoms with Crippen LogP contribution in [0.1, 0.15) is 29.6 Å². The highest BCUT2D eigenvalue weighted by Gasteiger charge is 2.19. The summed E-state index contributed by atoms with van der Waals surface area (Å²) in [7, 11) is 0. The van der Waals surface area contributed by atoms with Gasteiger partial charge >= 0.3 is 0 Å². The van der Waals surface area contributed by atoms with Crippen molar-refractivity contribution in [3.8, 4) is 10.6 Å². The first-order valence-corrected chi connectivity index (χ1v) is 8.98. The van der Waals surface area contributed by atoms with Crippen molar-refractivity contribution in [2.75, 3.05) is 13.1 Å². The van der Waals surface area contributed by atoms with Gasteiger partial charge in [-0.05, 0) is 49.6 Å². The van der Waals surface area contributed by atoms with E-state index >= 15 is 0 Å². The highest BCUT2D eigenvalue weighted by Crippen LogP contribution is 2.31. The number of aromatic nitrogens is 1. The number of piperidine rings is 1. The predicted molar refractivity (Wildman–Crippen MR) is 94.8 cm³/mol. The SMILES string of the molecule is O=C(c1cccc(-c2nc3ccc(F)cc3s2)c1)N1CCCCC1. The maximum Gasteiger partial charge on any atom is 0.253 e. The number of carbonyl (C=O) groups excluding carboxylic acids is 1. The van der Waals surface area contributed by atoms with E-state index in [1.165, 1.54) is 29.9 Å². The molecular formula is C19H17FN2OS. The van der Waals surface area contributed by atoms with Crippen LogP contribution in [0.25, 0.3) is 20.8 Å². The van der Waals surface area contributed by atoms with Gasteiger partial charge in [0, 0.05) is 24.2 Å². The largest absolute Gasteiger partial charge is 0.339 e. The Balaban J connectivity index is 1.67. The Labute approximate surface area is 143 Å². The number of halogens is 1. The lowest BCUT2D eigenvalue weighted by atomic mass is 10.1. The number of thiazole rings is 1. The van der Waals surface area contributed by atoms with Gasteiger partial charge in [-0.25, -0.2) is 9.37 Å². The molecule has 0 atom stereocenters. The molecule has 1 aromatic heterocycles. The highest BCUT2D eigenvalue weighted by molar-refractivity contribution is 7.21. The molecule has 1 fully saturated rings. The fraction of sp³-hybridized carbons (Fsp3) is 0.263. The summed E-state index contributed by atoms with van der Waals surface area (Å²) in [6.45, 7) is 1.67. The average molecular weight is 340 g/mol. The van der Waals surface area contributed by atoms with Crippen LogP contribution in [0.4, 0.5) is 4.39 Å². The molecular weight excluding hydrogens is 323 g/mol. The van der Waals surface area contributed by atoms with Crippen LogP contribution in [0.15, 0.2) is 42.5 Å². The Bertz CT molecular complexity index is 899. The minimum Gasteiger partial charge on any atom is -0.339 e. The maximum atomic E-state index is 13.4. The summed E-state index contributed by atoms with van der Waals surface area (Å²) in [6.07, 6.45) is 3.36. The zero-order valence-corrected chi connectivity index (χ0v) is 14.0. The monoisotopic (exact) mass is 340 g/mol. The molecule has 122 valence electrons. The average Bonchev–Trinajstić information content (AvgIpc) is 3.05. The molecule has 0 saturated carbocycles. The highest BCUT2D eigenvalue weighted by atomic mass is 32.1. The first-order valence-electron chi connectivity index (χ1n) is 8.16. The molecule has 1 aliphatic heterocycles. The number of benzene rings is 2. The van der Waals surface area contributed by atoms with E-state index in [4.69, 9.17) is 0 Å². The maximum absolute atomic E-state index is 13.4. The van der Waals surface area contributed by atoms with Crippen molar-refractivity contribution in [1.82, 2.24) is 9.88 Å². The molecule has 1 aliphatic rings. The fourth-order valence-corrected chi connectivity index (χ4v) is 4.07. The van der Waals surface area contributed by atoms with E-state index in [-0.39, 0.29) is 11.7 Å². The lowest BCUT2D eigenvalue weighted by Gasteiger charge is -2.26. The number of nitrogens with zero attached hydrogens (tertiary/aromatic N) is 2. The molecule has 5 heteroatoms. The van der Waals surface area contributed by atoms with Crippen molar-refractivity contribution in [3.05, 3.63) is 53.8 Å². The molecule has 24 heavy (non-hydrogen) atoms. The summed E-state index contributed by atoms with van der Waals surface area (Å²) < 4.78 is 14.2. The number of rotatable bonds is 2. The van der Waals surface area contributed by atoms with E-state index in [1.807, 2.05) is 29.2 Å². The van der Waals surface area contributed by atoms with Crippen LogP contribution in [0.3, 0.4) is 0 Å². The minimum atomic E-state index is -0.258. The molecule has 0 N–H and O–H groups in total. The Morgan fingerprint density at radius 2 is 1.92 bits per heavy atom. The zero-order valence-electron chi connectivity index (χ0n) is 13.2. The molecule has 0 radical (unpaired) electrons.